The molecule has 5 nitrogen and oxygen atoms in total. The summed E-state index contributed by atoms with van der Waals surface area (Å²) in [6, 6.07) is 1.55. The van der Waals surface area contributed by atoms with Crippen LogP contribution in [0, 0.1) is 0 Å². The van der Waals surface area contributed by atoms with Crippen LogP contribution in [0.25, 0.3) is 0 Å². The lowest BCUT2D eigenvalue weighted by atomic mass is 10.2. The van der Waals surface area contributed by atoms with Gasteiger partial charge in [0.15, 0.2) is 0 Å². The Morgan fingerprint density at radius 1 is 1.73 bits per heavy atom. The number of nitrogens with zero attached hydrogens (tertiary/aromatic N) is 1. The molecule has 5 heteroatoms. The first-order valence-corrected chi connectivity index (χ1v) is 4.68. The number of carbonyl (C=O) groups is 1. The molecular formula is C10H15N3O2. The largest absolute Gasteiger partial charge is 0.494 e. The number of ether oxygens (including phenoxy) is 1. The van der Waals surface area contributed by atoms with Crippen molar-refractivity contribution in [2.75, 3.05) is 13.7 Å². The predicted molar refractivity (Wildman–Crippen MR) is 56.8 cm³/mol. The Morgan fingerprint density at radius 3 is 3.07 bits per heavy atom. The molecule has 0 bridgehead atoms. The lowest BCUT2D eigenvalue weighted by Gasteiger charge is -2.12. The van der Waals surface area contributed by atoms with E-state index < -0.39 is 0 Å². The Kier molecular flexibility index (Phi) is 4.05. The van der Waals surface area contributed by atoms with E-state index in [9.17, 15) is 4.79 Å². The maximum atomic E-state index is 11.7. The summed E-state index contributed by atoms with van der Waals surface area (Å²) in [7, 11) is 1.50. The number of pyridine rings is 1. The lowest BCUT2D eigenvalue weighted by Crippen LogP contribution is -2.37. The molecule has 0 aliphatic rings. The third-order valence-corrected chi connectivity index (χ3v) is 1.98. The van der Waals surface area contributed by atoms with Gasteiger partial charge < -0.3 is 15.8 Å². The third kappa shape index (κ3) is 2.92. The first-order valence-electron chi connectivity index (χ1n) is 4.68. The van der Waals surface area contributed by atoms with E-state index in [-0.39, 0.29) is 11.9 Å². The molecule has 1 aromatic rings. The van der Waals surface area contributed by atoms with Crippen molar-refractivity contribution in [2.45, 2.75) is 13.0 Å². The van der Waals surface area contributed by atoms with Crippen molar-refractivity contribution in [3.05, 3.63) is 24.0 Å². The molecule has 0 aromatic carbocycles. The Balaban J connectivity index is 2.81. The van der Waals surface area contributed by atoms with Crippen LogP contribution in [-0.4, -0.2) is 30.6 Å². The predicted octanol–water partition coefficient (Wildman–Crippen LogP) is 0.167. The summed E-state index contributed by atoms with van der Waals surface area (Å²) in [5, 5.41) is 2.75. The van der Waals surface area contributed by atoms with Gasteiger partial charge in [-0.25, -0.2) is 0 Å². The molecule has 1 amide bonds. The van der Waals surface area contributed by atoms with Crippen LogP contribution in [-0.2, 0) is 0 Å². The van der Waals surface area contributed by atoms with E-state index in [1.807, 2.05) is 6.92 Å². The summed E-state index contributed by atoms with van der Waals surface area (Å²) in [5.41, 5.74) is 5.88. The molecule has 0 radical (unpaired) electrons. The normalized spacial score (nSPS) is 11.9. The minimum Gasteiger partial charge on any atom is -0.494 e. The summed E-state index contributed by atoms with van der Waals surface area (Å²) in [4.78, 5) is 15.6. The second-order valence-electron chi connectivity index (χ2n) is 3.19. The van der Waals surface area contributed by atoms with Crippen LogP contribution in [0.15, 0.2) is 18.5 Å². The van der Waals surface area contributed by atoms with Crippen LogP contribution in [0.2, 0.25) is 0 Å². The molecule has 82 valence electrons. The molecular weight excluding hydrogens is 194 g/mol. The number of amides is 1. The van der Waals surface area contributed by atoms with Gasteiger partial charge in [-0.2, -0.15) is 0 Å². The van der Waals surface area contributed by atoms with E-state index in [1.54, 1.807) is 12.3 Å². The summed E-state index contributed by atoms with van der Waals surface area (Å²) >= 11 is 0. The molecule has 0 saturated heterocycles. The van der Waals surface area contributed by atoms with E-state index in [0.717, 1.165) is 0 Å². The fourth-order valence-electron chi connectivity index (χ4n) is 1.09. The second kappa shape index (κ2) is 5.31. The summed E-state index contributed by atoms with van der Waals surface area (Å²) < 4.78 is 5.03. The zero-order valence-corrected chi connectivity index (χ0v) is 8.86. The van der Waals surface area contributed by atoms with Gasteiger partial charge in [-0.1, -0.05) is 0 Å². The molecule has 0 unspecified atom stereocenters. The number of hydrogen-bond acceptors (Lipinski definition) is 4. The van der Waals surface area contributed by atoms with Gasteiger partial charge in [0.05, 0.1) is 18.9 Å². The van der Waals surface area contributed by atoms with Gasteiger partial charge in [-0.3, -0.25) is 9.78 Å². The molecule has 1 aromatic heterocycles. The quantitative estimate of drug-likeness (QED) is 0.741. The number of carbonyl (C=O) groups excluding carboxylic acids is 1. The molecule has 3 N–H and O–H groups in total. The molecule has 1 heterocycles. The molecule has 0 aliphatic heterocycles. The minimum absolute atomic E-state index is 0.0598. The Bertz CT molecular complexity index is 341. The number of rotatable bonds is 4. The number of hydrogen-bond donors (Lipinski definition) is 2. The van der Waals surface area contributed by atoms with E-state index in [1.165, 1.54) is 13.3 Å². The van der Waals surface area contributed by atoms with Crippen molar-refractivity contribution >= 4 is 5.91 Å². The minimum atomic E-state index is -0.202. The van der Waals surface area contributed by atoms with Crippen LogP contribution in [0.1, 0.15) is 17.3 Å². The first kappa shape index (κ1) is 11.5. The zero-order chi connectivity index (χ0) is 11.3. The Labute approximate surface area is 88.6 Å². The van der Waals surface area contributed by atoms with Gasteiger partial charge in [0.1, 0.15) is 5.75 Å². The highest BCUT2D eigenvalue weighted by Crippen LogP contribution is 2.15. The van der Waals surface area contributed by atoms with E-state index in [0.29, 0.717) is 17.9 Å². The molecule has 1 rings (SSSR count). The second-order valence-corrected chi connectivity index (χ2v) is 3.19. The summed E-state index contributed by atoms with van der Waals surface area (Å²) in [5.74, 6) is 0.256. The average Bonchev–Trinajstić information content (AvgIpc) is 2.28. The number of methoxy groups -OCH3 is 1. The molecule has 15 heavy (non-hydrogen) atoms. The molecule has 1 atom stereocenters. The maximum absolute atomic E-state index is 11.7. The molecule has 0 fully saturated rings. The van der Waals surface area contributed by atoms with Crippen LogP contribution in [0.3, 0.4) is 0 Å². The standard InChI is InChI=1S/C10H15N3O2/c1-7(5-11)13-10(14)8-3-4-12-6-9(8)15-2/h3-4,6-7H,5,11H2,1-2H3,(H,13,14)/t7-/m1/s1. The molecule has 0 spiro atoms. The highest BCUT2D eigenvalue weighted by molar-refractivity contribution is 5.96. The van der Waals surface area contributed by atoms with Gasteiger partial charge in [-0.05, 0) is 13.0 Å². The summed E-state index contributed by atoms with van der Waals surface area (Å²) in [6.45, 7) is 2.24. The average molecular weight is 209 g/mol. The van der Waals surface area contributed by atoms with Gasteiger partial charge in [0.2, 0.25) is 0 Å². The van der Waals surface area contributed by atoms with Crippen LogP contribution in [0.4, 0.5) is 0 Å². The summed E-state index contributed by atoms with van der Waals surface area (Å²) in [6.07, 6.45) is 3.05. The van der Waals surface area contributed by atoms with Crippen molar-refractivity contribution in [1.82, 2.24) is 10.3 Å². The van der Waals surface area contributed by atoms with Crippen molar-refractivity contribution < 1.29 is 9.53 Å². The van der Waals surface area contributed by atoms with Crippen molar-refractivity contribution in [1.29, 1.82) is 0 Å². The fraction of sp³-hybridized carbons (Fsp3) is 0.400. The third-order valence-electron chi connectivity index (χ3n) is 1.98. The Morgan fingerprint density at radius 2 is 2.47 bits per heavy atom. The van der Waals surface area contributed by atoms with Crippen LogP contribution >= 0.6 is 0 Å². The molecule has 0 saturated carbocycles. The van der Waals surface area contributed by atoms with Crippen molar-refractivity contribution in [3.8, 4) is 5.75 Å². The monoisotopic (exact) mass is 209 g/mol. The highest BCUT2D eigenvalue weighted by atomic mass is 16.5. The highest BCUT2D eigenvalue weighted by Gasteiger charge is 2.13. The number of nitrogens with two attached hydrogens (primary N) is 1. The van der Waals surface area contributed by atoms with Gasteiger partial charge in [-0.15, -0.1) is 0 Å². The van der Waals surface area contributed by atoms with Crippen LogP contribution < -0.4 is 15.8 Å². The van der Waals surface area contributed by atoms with E-state index >= 15 is 0 Å². The number of nitrogens with one attached hydrogen (secondary N) is 1. The van der Waals surface area contributed by atoms with Crippen molar-refractivity contribution in [3.63, 3.8) is 0 Å². The van der Waals surface area contributed by atoms with Crippen LogP contribution in [0.5, 0.6) is 5.75 Å². The maximum Gasteiger partial charge on any atom is 0.255 e. The van der Waals surface area contributed by atoms with Gasteiger partial charge in [0, 0.05) is 18.8 Å². The molecule has 0 aliphatic carbocycles. The SMILES string of the molecule is COc1cnccc1C(=O)N[C@H](C)CN. The Hall–Kier alpha value is -1.62. The van der Waals surface area contributed by atoms with Gasteiger partial charge >= 0.3 is 0 Å². The van der Waals surface area contributed by atoms with E-state index in [4.69, 9.17) is 10.5 Å². The van der Waals surface area contributed by atoms with Crippen molar-refractivity contribution in [2.24, 2.45) is 5.73 Å². The smallest absolute Gasteiger partial charge is 0.255 e. The van der Waals surface area contributed by atoms with E-state index in [2.05, 4.69) is 10.3 Å². The fourth-order valence-corrected chi connectivity index (χ4v) is 1.09. The number of aromatic nitrogens is 1. The van der Waals surface area contributed by atoms with Gasteiger partial charge in [0.25, 0.3) is 5.91 Å². The lowest BCUT2D eigenvalue weighted by molar-refractivity contribution is 0.0938. The zero-order valence-electron chi connectivity index (χ0n) is 8.86. The first-order chi connectivity index (χ1) is 7.19. The topological polar surface area (TPSA) is 77.2 Å².